The normalized spacial score (nSPS) is 10.6. The highest BCUT2D eigenvalue weighted by molar-refractivity contribution is 6.36. The second-order valence-electron chi connectivity index (χ2n) is 5.55. The predicted octanol–water partition coefficient (Wildman–Crippen LogP) is 3.49. The number of nitrogens with zero attached hydrogens (tertiary/aromatic N) is 5. The molecule has 10 nitrogen and oxygen atoms in total. The predicted molar refractivity (Wildman–Crippen MR) is 103 cm³/mol. The van der Waals surface area contributed by atoms with Gasteiger partial charge in [0, 0.05) is 23.8 Å². The van der Waals surface area contributed by atoms with E-state index in [0.717, 1.165) is 0 Å². The highest BCUT2D eigenvalue weighted by atomic mass is 35.5. The molecular formula is C17H13Cl2N5O5. The van der Waals surface area contributed by atoms with E-state index in [0.29, 0.717) is 17.1 Å². The first kappa shape index (κ1) is 20.5. The molecule has 150 valence electrons. The average Bonchev–Trinajstić information content (AvgIpc) is 3.17. The largest absolute Gasteiger partial charge is 0.480 e. The van der Waals surface area contributed by atoms with Crippen LogP contribution in [0.3, 0.4) is 0 Å². The molecule has 12 heteroatoms. The van der Waals surface area contributed by atoms with Crippen molar-refractivity contribution < 1.29 is 19.2 Å². The van der Waals surface area contributed by atoms with Crippen LogP contribution in [-0.2, 0) is 9.53 Å². The Morgan fingerprint density at radius 2 is 1.93 bits per heavy atom. The number of aromatic nitrogens is 4. The monoisotopic (exact) mass is 437 g/mol. The number of ether oxygens (including phenoxy) is 2. The van der Waals surface area contributed by atoms with Crippen molar-refractivity contribution in [1.29, 1.82) is 0 Å². The number of tetrazole rings is 1. The number of rotatable bonds is 7. The molecule has 0 saturated carbocycles. The topological polar surface area (TPSA) is 122 Å². The Morgan fingerprint density at radius 3 is 2.59 bits per heavy atom. The standard InChI is InChI=1S/C17H13Cl2N5O5/c1-2-28-16(25)9-29-15-8-14(12(18)7-13(15)19)23-17(20-21-22-23)10-3-5-11(6-4-10)24(26)27/h3-8H,2,9H2,1H3. The van der Waals surface area contributed by atoms with E-state index < -0.39 is 10.9 Å². The number of carbonyl (C=O) groups is 1. The first-order chi connectivity index (χ1) is 13.9. The van der Waals surface area contributed by atoms with Gasteiger partial charge in [-0.3, -0.25) is 10.1 Å². The molecule has 0 atom stereocenters. The smallest absolute Gasteiger partial charge is 0.344 e. The number of halogens is 2. The Hall–Kier alpha value is -3.24. The minimum absolute atomic E-state index is 0.0630. The molecule has 0 aliphatic rings. The molecule has 3 rings (SSSR count). The lowest BCUT2D eigenvalue weighted by Gasteiger charge is -2.12. The van der Waals surface area contributed by atoms with Gasteiger partial charge in [0.05, 0.1) is 27.3 Å². The van der Waals surface area contributed by atoms with E-state index in [2.05, 4.69) is 15.5 Å². The zero-order valence-corrected chi connectivity index (χ0v) is 16.4. The zero-order chi connectivity index (χ0) is 21.0. The lowest BCUT2D eigenvalue weighted by Crippen LogP contribution is -2.15. The number of esters is 1. The molecule has 0 amide bonds. The van der Waals surface area contributed by atoms with Crippen molar-refractivity contribution in [1.82, 2.24) is 20.2 Å². The van der Waals surface area contributed by atoms with Gasteiger partial charge in [0.15, 0.2) is 12.4 Å². The van der Waals surface area contributed by atoms with Gasteiger partial charge in [0.2, 0.25) is 0 Å². The molecular weight excluding hydrogens is 425 g/mol. The summed E-state index contributed by atoms with van der Waals surface area (Å²) in [5, 5.41) is 22.8. The fourth-order valence-electron chi connectivity index (χ4n) is 2.39. The highest BCUT2D eigenvalue weighted by Crippen LogP contribution is 2.34. The first-order valence-corrected chi connectivity index (χ1v) is 8.97. The molecule has 1 heterocycles. The SMILES string of the molecule is CCOC(=O)COc1cc(-n2nnnc2-c2ccc([N+](=O)[O-])cc2)c(Cl)cc1Cl. The number of nitro benzene ring substituents is 1. The minimum atomic E-state index is -0.547. The van der Waals surface area contributed by atoms with Gasteiger partial charge in [-0.2, -0.15) is 4.68 Å². The number of non-ortho nitro benzene ring substituents is 1. The van der Waals surface area contributed by atoms with E-state index in [-0.39, 0.29) is 34.7 Å². The van der Waals surface area contributed by atoms with Gasteiger partial charge < -0.3 is 9.47 Å². The summed E-state index contributed by atoms with van der Waals surface area (Å²) in [5.41, 5.74) is 0.806. The lowest BCUT2D eigenvalue weighted by molar-refractivity contribution is -0.384. The van der Waals surface area contributed by atoms with Crippen molar-refractivity contribution in [3.8, 4) is 22.8 Å². The molecule has 0 radical (unpaired) electrons. The van der Waals surface area contributed by atoms with Crippen molar-refractivity contribution in [3.05, 3.63) is 56.6 Å². The molecule has 0 spiro atoms. The fourth-order valence-corrected chi connectivity index (χ4v) is 2.91. The van der Waals surface area contributed by atoms with E-state index in [4.69, 9.17) is 32.7 Å². The molecule has 0 aliphatic carbocycles. The van der Waals surface area contributed by atoms with Crippen LogP contribution in [0.25, 0.3) is 17.1 Å². The van der Waals surface area contributed by atoms with E-state index >= 15 is 0 Å². The van der Waals surface area contributed by atoms with Crippen LogP contribution < -0.4 is 4.74 Å². The highest BCUT2D eigenvalue weighted by Gasteiger charge is 2.18. The third kappa shape index (κ3) is 4.61. The van der Waals surface area contributed by atoms with Crippen molar-refractivity contribution in [2.24, 2.45) is 0 Å². The number of benzene rings is 2. The zero-order valence-electron chi connectivity index (χ0n) is 14.9. The van der Waals surface area contributed by atoms with Crippen molar-refractivity contribution in [2.75, 3.05) is 13.2 Å². The molecule has 2 aromatic carbocycles. The molecule has 0 aliphatic heterocycles. The van der Waals surface area contributed by atoms with Gasteiger partial charge in [0.1, 0.15) is 5.75 Å². The van der Waals surface area contributed by atoms with Gasteiger partial charge in [-0.25, -0.2) is 4.79 Å². The number of hydrogen-bond donors (Lipinski definition) is 0. The molecule has 0 saturated heterocycles. The molecule has 0 unspecified atom stereocenters. The maximum atomic E-state index is 11.5. The van der Waals surface area contributed by atoms with Crippen LogP contribution in [0.15, 0.2) is 36.4 Å². The maximum absolute atomic E-state index is 11.5. The summed E-state index contributed by atoms with van der Waals surface area (Å²) in [6.07, 6.45) is 0. The Kier molecular flexibility index (Phi) is 6.25. The van der Waals surface area contributed by atoms with Crippen molar-refractivity contribution >= 4 is 34.9 Å². The second-order valence-corrected chi connectivity index (χ2v) is 6.36. The summed E-state index contributed by atoms with van der Waals surface area (Å²) in [5.74, 6) is -0.0706. The van der Waals surface area contributed by atoms with Gasteiger partial charge >= 0.3 is 5.97 Å². The third-order valence-electron chi connectivity index (χ3n) is 3.69. The number of carbonyl (C=O) groups excluding carboxylic acids is 1. The summed E-state index contributed by atoms with van der Waals surface area (Å²) in [6.45, 7) is 1.58. The Morgan fingerprint density at radius 1 is 1.21 bits per heavy atom. The van der Waals surface area contributed by atoms with Crippen LogP contribution in [0.4, 0.5) is 5.69 Å². The average molecular weight is 438 g/mol. The molecule has 0 bridgehead atoms. The lowest BCUT2D eigenvalue weighted by atomic mass is 10.2. The Bertz CT molecular complexity index is 1050. The summed E-state index contributed by atoms with van der Waals surface area (Å²) in [6, 6.07) is 8.62. The molecule has 1 aromatic heterocycles. The van der Waals surface area contributed by atoms with Gasteiger partial charge in [-0.1, -0.05) is 23.2 Å². The quantitative estimate of drug-likeness (QED) is 0.312. The van der Waals surface area contributed by atoms with E-state index in [1.54, 1.807) is 6.92 Å². The maximum Gasteiger partial charge on any atom is 0.344 e. The molecule has 29 heavy (non-hydrogen) atoms. The van der Waals surface area contributed by atoms with Gasteiger partial charge in [-0.05, 0) is 35.5 Å². The van der Waals surface area contributed by atoms with E-state index in [9.17, 15) is 14.9 Å². The number of hydrogen-bond acceptors (Lipinski definition) is 8. The number of nitro groups is 1. The van der Waals surface area contributed by atoms with Crippen LogP contribution in [-0.4, -0.2) is 44.3 Å². The minimum Gasteiger partial charge on any atom is -0.480 e. The summed E-state index contributed by atoms with van der Waals surface area (Å²) < 4.78 is 11.6. The first-order valence-electron chi connectivity index (χ1n) is 8.21. The van der Waals surface area contributed by atoms with Gasteiger partial charge in [0.25, 0.3) is 5.69 Å². The van der Waals surface area contributed by atoms with Crippen LogP contribution in [0.2, 0.25) is 10.0 Å². The van der Waals surface area contributed by atoms with Crippen molar-refractivity contribution in [3.63, 3.8) is 0 Å². The molecule has 3 aromatic rings. The summed E-state index contributed by atoms with van der Waals surface area (Å²) in [7, 11) is 0. The van der Waals surface area contributed by atoms with Crippen LogP contribution in [0, 0.1) is 10.1 Å². The fraction of sp³-hybridized carbons (Fsp3) is 0.176. The van der Waals surface area contributed by atoms with Crippen LogP contribution in [0.1, 0.15) is 6.92 Å². The molecule has 0 fully saturated rings. The van der Waals surface area contributed by atoms with E-state index in [1.165, 1.54) is 41.1 Å². The Labute approximate surface area is 174 Å². The summed E-state index contributed by atoms with van der Waals surface area (Å²) >= 11 is 12.4. The van der Waals surface area contributed by atoms with E-state index in [1.807, 2.05) is 0 Å². The van der Waals surface area contributed by atoms with Crippen molar-refractivity contribution in [2.45, 2.75) is 6.92 Å². The second kappa shape index (κ2) is 8.84. The molecule has 0 N–H and O–H groups in total. The van der Waals surface area contributed by atoms with Crippen LogP contribution in [0.5, 0.6) is 5.75 Å². The van der Waals surface area contributed by atoms with Crippen LogP contribution >= 0.6 is 23.2 Å². The summed E-state index contributed by atoms with van der Waals surface area (Å²) in [4.78, 5) is 21.9. The van der Waals surface area contributed by atoms with Gasteiger partial charge in [-0.15, -0.1) is 5.10 Å². The third-order valence-corrected chi connectivity index (χ3v) is 4.28. The Balaban J connectivity index is 1.95.